The van der Waals surface area contributed by atoms with Gasteiger partial charge in [-0.1, -0.05) is 17.9 Å². The van der Waals surface area contributed by atoms with Gasteiger partial charge in [0.2, 0.25) is 0 Å². The van der Waals surface area contributed by atoms with Gasteiger partial charge < -0.3 is 20.2 Å². The van der Waals surface area contributed by atoms with Crippen LogP contribution in [-0.4, -0.2) is 59.0 Å². The first kappa shape index (κ1) is 17.2. The summed E-state index contributed by atoms with van der Waals surface area (Å²) < 4.78 is 0. The lowest BCUT2D eigenvalue weighted by atomic mass is 10.0. The van der Waals surface area contributed by atoms with Crippen LogP contribution in [0.15, 0.2) is 18.2 Å². The number of carbonyl (C=O) groups excluding carboxylic acids is 1. The fourth-order valence-electron chi connectivity index (χ4n) is 1.89. The van der Waals surface area contributed by atoms with E-state index in [0.717, 1.165) is 5.56 Å². The maximum absolute atomic E-state index is 12.5. The Kier molecular flexibility index (Phi) is 7.48. The van der Waals surface area contributed by atoms with Gasteiger partial charge in [0.15, 0.2) is 0 Å². The van der Waals surface area contributed by atoms with Crippen LogP contribution in [0.1, 0.15) is 27.9 Å². The minimum absolute atomic E-state index is 0.0246. The van der Waals surface area contributed by atoms with Gasteiger partial charge in [-0.05, 0) is 24.6 Å². The van der Waals surface area contributed by atoms with Gasteiger partial charge in [0.05, 0.1) is 25.4 Å². The third-order valence-electron chi connectivity index (χ3n) is 2.89. The van der Waals surface area contributed by atoms with E-state index >= 15 is 0 Å². The molecule has 5 nitrogen and oxygen atoms in total. The Labute approximate surface area is 124 Å². The molecule has 1 rings (SSSR count). The number of rotatable bonds is 6. The van der Waals surface area contributed by atoms with Crippen LogP contribution in [0.4, 0.5) is 0 Å². The van der Waals surface area contributed by atoms with Crippen molar-refractivity contribution < 1.29 is 20.1 Å². The molecule has 0 atom stereocenters. The number of benzene rings is 1. The second kappa shape index (κ2) is 9.14. The fraction of sp³-hybridized carbons (Fsp3) is 0.438. The van der Waals surface area contributed by atoms with Crippen LogP contribution in [0.25, 0.3) is 0 Å². The van der Waals surface area contributed by atoms with Crippen LogP contribution in [-0.2, 0) is 0 Å². The topological polar surface area (TPSA) is 81.0 Å². The van der Waals surface area contributed by atoms with Crippen molar-refractivity contribution in [3.8, 4) is 11.8 Å². The molecule has 1 amide bonds. The molecule has 0 bridgehead atoms. The molecule has 0 heterocycles. The number of hydrogen-bond acceptors (Lipinski definition) is 4. The average Bonchev–Trinajstić information content (AvgIpc) is 2.47. The van der Waals surface area contributed by atoms with E-state index in [1.807, 2.05) is 19.1 Å². The van der Waals surface area contributed by atoms with Gasteiger partial charge in [0.25, 0.3) is 5.91 Å². The molecule has 1 aromatic rings. The summed E-state index contributed by atoms with van der Waals surface area (Å²) in [4.78, 5) is 13.9. The maximum atomic E-state index is 12.5. The summed E-state index contributed by atoms with van der Waals surface area (Å²) in [5, 5.41) is 26.8. The minimum atomic E-state index is -0.272. The predicted octanol–water partition coefficient (Wildman–Crippen LogP) is 0.156. The van der Waals surface area contributed by atoms with E-state index in [-0.39, 0.29) is 38.8 Å². The van der Waals surface area contributed by atoms with E-state index in [0.29, 0.717) is 17.5 Å². The monoisotopic (exact) mass is 291 g/mol. The van der Waals surface area contributed by atoms with E-state index in [1.54, 1.807) is 6.07 Å². The van der Waals surface area contributed by atoms with Gasteiger partial charge in [0.1, 0.15) is 0 Å². The molecule has 21 heavy (non-hydrogen) atoms. The highest BCUT2D eigenvalue weighted by Crippen LogP contribution is 2.13. The van der Waals surface area contributed by atoms with Crippen molar-refractivity contribution in [3.05, 3.63) is 34.9 Å². The first-order chi connectivity index (χ1) is 10.1. The summed E-state index contributed by atoms with van der Waals surface area (Å²) >= 11 is 0. The number of hydrogen-bond donors (Lipinski definition) is 3. The normalized spacial score (nSPS) is 9.90. The maximum Gasteiger partial charge on any atom is 0.255 e. The lowest BCUT2D eigenvalue weighted by Crippen LogP contribution is -2.36. The molecular formula is C16H21NO4. The van der Waals surface area contributed by atoms with Crippen molar-refractivity contribution in [1.29, 1.82) is 0 Å². The summed E-state index contributed by atoms with van der Waals surface area (Å²) in [7, 11) is 0. The third-order valence-corrected chi connectivity index (χ3v) is 2.89. The van der Waals surface area contributed by atoms with Crippen LogP contribution in [0.5, 0.6) is 0 Å². The van der Waals surface area contributed by atoms with Crippen molar-refractivity contribution >= 4 is 5.91 Å². The second-order valence-electron chi connectivity index (χ2n) is 4.56. The number of aliphatic hydroxyl groups is 3. The van der Waals surface area contributed by atoms with Crippen LogP contribution in [0.3, 0.4) is 0 Å². The van der Waals surface area contributed by atoms with Crippen LogP contribution < -0.4 is 0 Å². The zero-order chi connectivity index (χ0) is 15.7. The molecule has 0 aliphatic heterocycles. The summed E-state index contributed by atoms with van der Waals surface area (Å²) in [5.41, 5.74) is 2.01. The Morgan fingerprint density at radius 1 is 1.14 bits per heavy atom. The molecule has 0 unspecified atom stereocenters. The molecule has 0 saturated carbocycles. The molecular weight excluding hydrogens is 270 g/mol. The SMILES string of the molecule is Cc1ccc(C(=O)N(CCO)CCO)c(C#CCCO)c1. The minimum Gasteiger partial charge on any atom is -0.395 e. The molecule has 0 fully saturated rings. The number of carbonyl (C=O) groups is 1. The van der Waals surface area contributed by atoms with Crippen molar-refractivity contribution in [2.24, 2.45) is 0 Å². The third kappa shape index (κ3) is 5.20. The molecule has 0 radical (unpaired) electrons. The number of aliphatic hydroxyl groups excluding tert-OH is 3. The van der Waals surface area contributed by atoms with Crippen molar-refractivity contribution in [2.75, 3.05) is 32.9 Å². The quantitative estimate of drug-likeness (QED) is 0.652. The van der Waals surface area contributed by atoms with Crippen LogP contribution in [0, 0.1) is 18.8 Å². The van der Waals surface area contributed by atoms with Gasteiger partial charge in [-0.15, -0.1) is 0 Å². The predicted molar refractivity (Wildman–Crippen MR) is 79.8 cm³/mol. The first-order valence-corrected chi connectivity index (χ1v) is 6.85. The molecule has 0 saturated heterocycles. The zero-order valence-electron chi connectivity index (χ0n) is 12.2. The Hall–Kier alpha value is -1.87. The van der Waals surface area contributed by atoms with Gasteiger partial charge in [-0.2, -0.15) is 0 Å². The Balaban J connectivity index is 3.10. The smallest absolute Gasteiger partial charge is 0.255 e. The summed E-state index contributed by atoms with van der Waals surface area (Å²) in [6.45, 7) is 1.88. The van der Waals surface area contributed by atoms with E-state index in [9.17, 15) is 4.79 Å². The van der Waals surface area contributed by atoms with Crippen molar-refractivity contribution in [1.82, 2.24) is 4.90 Å². The Bertz CT molecular complexity index is 525. The highest BCUT2D eigenvalue weighted by molar-refractivity contribution is 5.96. The first-order valence-electron chi connectivity index (χ1n) is 6.85. The summed E-state index contributed by atoms with van der Waals surface area (Å²) in [6.07, 6.45) is 0.346. The molecule has 1 aromatic carbocycles. The molecule has 114 valence electrons. The molecule has 0 aliphatic carbocycles. The largest absolute Gasteiger partial charge is 0.395 e. The molecule has 3 N–H and O–H groups in total. The number of nitrogens with zero attached hydrogens (tertiary/aromatic N) is 1. The Morgan fingerprint density at radius 2 is 1.81 bits per heavy atom. The lowest BCUT2D eigenvalue weighted by Gasteiger charge is -2.21. The van der Waals surface area contributed by atoms with Gasteiger partial charge in [-0.25, -0.2) is 0 Å². The van der Waals surface area contributed by atoms with Gasteiger partial charge in [0, 0.05) is 25.1 Å². The highest BCUT2D eigenvalue weighted by Gasteiger charge is 2.17. The van der Waals surface area contributed by atoms with Gasteiger partial charge in [-0.3, -0.25) is 4.79 Å². The number of amides is 1. The second-order valence-corrected chi connectivity index (χ2v) is 4.56. The summed E-state index contributed by atoms with van der Waals surface area (Å²) in [5.74, 6) is 5.43. The van der Waals surface area contributed by atoms with Crippen LogP contribution in [0.2, 0.25) is 0 Å². The average molecular weight is 291 g/mol. The van der Waals surface area contributed by atoms with E-state index in [1.165, 1.54) is 4.90 Å². The lowest BCUT2D eigenvalue weighted by molar-refractivity contribution is 0.0684. The van der Waals surface area contributed by atoms with Crippen molar-refractivity contribution in [2.45, 2.75) is 13.3 Å². The Morgan fingerprint density at radius 3 is 2.38 bits per heavy atom. The zero-order valence-corrected chi connectivity index (χ0v) is 12.2. The van der Waals surface area contributed by atoms with Crippen LogP contribution >= 0.6 is 0 Å². The molecule has 5 heteroatoms. The summed E-state index contributed by atoms with van der Waals surface area (Å²) in [6, 6.07) is 5.33. The number of aryl methyl sites for hydroxylation is 1. The van der Waals surface area contributed by atoms with E-state index < -0.39 is 0 Å². The molecule has 0 spiro atoms. The van der Waals surface area contributed by atoms with Crippen molar-refractivity contribution in [3.63, 3.8) is 0 Å². The molecule has 0 aliphatic rings. The fourth-order valence-corrected chi connectivity index (χ4v) is 1.89. The molecule has 0 aromatic heterocycles. The highest BCUT2D eigenvalue weighted by atomic mass is 16.3. The van der Waals surface area contributed by atoms with Gasteiger partial charge >= 0.3 is 0 Å². The standard InChI is InChI=1S/C16H21NO4/c1-13-5-6-15(14(12-13)4-2-3-9-18)16(21)17(7-10-19)8-11-20/h5-6,12,18-20H,3,7-11H2,1H3. The van der Waals surface area contributed by atoms with E-state index in [2.05, 4.69) is 11.8 Å². The van der Waals surface area contributed by atoms with E-state index in [4.69, 9.17) is 15.3 Å².